The minimum absolute atomic E-state index is 0.938. The fourth-order valence-electron chi connectivity index (χ4n) is 7.83. The van der Waals surface area contributed by atoms with Crippen molar-refractivity contribution in [3.8, 4) is 27.9 Å². The molecular formula is C40H21NOS. The van der Waals surface area contributed by atoms with Gasteiger partial charge in [0.05, 0.1) is 16.7 Å². The first kappa shape index (κ1) is 22.2. The molecule has 0 amide bonds. The molecule has 3 heterocycles. The van der Waals surface area contributed by atoms with Gasteiger partial charge in [0.15, 0.2) is 0 Å². The molecule has 2 nitrogen and oxygen atoms in total. The van der Waals surface area contributed by atoms with E-state index in [0.29, 0.717) is 0 Å². The molecule has 0 bridgehead atoms. The minimum atomic E-state index is 0.938. The molecule has 1 aliphatic carbocycles. The zero-order chi connectivity index (χ0) is 27.8. The van der Waals surface area contributed by atoms with E-state index in [-0.39, 0.29) is 0 Å². The van der Waals surface area contributed by atoms with Crippen LogP contribution in [0.4, 0.5) is 0 Å². The molecule has 11 rings (SSSR count). The summed E-state index contributed by atoms with van der Waals surface area (Å²) in [7, 11) is 0. The van der Waals surface area contributed by atoms with Crippen molar-refractivity contribution < 1.29 is 4.42 Å². The largest absolute Gasteiger partial charge is 0.456 e. The topological polar surface area (TPSA) is 18.1 Å². The lowest BCUT2D eigenvalue weighted by Gasteiger charge is -2.13. The monoisotopic (exact) mass is 563 g/mol. The molecule has 0 atom stereocenters. The van der Waals surface area contributed by atoms with E-state index in [2.05, 4.69) is 126 Å². The highest BCUT2D eigenvalue weighted by Crippen LogP contribution is 2.53. The fourth-order valence-corrected chi connectivity index (χ4v) is 9.09. The number of benzene rings is 7. The predicted octanol–water partition coefficient (Wildman–Crippen LogP) is 11.9. The Morgan fingerprint density at radius 1 is 0.442 bits per heavy atom. The van der Waals surface area contributed by atoms with Crippen LogP contribution in [0.1, 0.15) is 0 Å². The molecule has 0 saturated heterocycles. The van der Waals surface area contributed by atoms with Gasteiger partial charge in [-0.05, 0) is 64.5 Å². The van der Waals surface area contributed by atoms with Gasteiger partial charge in [-0.3, -0.25) is 0 Å². The average molecular weight is 564 g/mol. The molecule has 10 aromatic rings. The Kier molecular flexibility index (Phi) is 3.99. The molecule has 198 valence electrons. The molecule has 0 saturated carbocycles. The Hall–Kier alpha value is -5.38. The van der Waals surface area contributed by atoms with E-state index in [1.54, 1.807) is 0 Å². The van der Waals surface area contributed by atoms with Crippen molar-refractivity contribution in [3.05, 3.63) is 127 Å². The third kappa shape index (κ3) is 2.65. The Balaban J connectivity index is 1.27. The number of nitrogens with zero attached hydrogens (tertiary/aromatic N) is 1. The normalized spacial score (nSPS) is 12.7. The smallest absolute Gasteiger partial charge is 0.136 e. The predicted molar refractivity (Wildman–Crippen MR) is 183 cm³/mol. The van der Waals surface area contributed by atoms with Gasteiger partial charge in [0, 0.05) is 52.7 Å². The molecule has 0 aliphatic heterocycles. The number of hydrogen-bond donors (Lipinski definition) is 0. The van der Waals surface area contributed by atoms with Crippen LogP contribution in [0.5, 0.6) is 0 Å². The van der Waals surface area contributed by atoms with Gasteiger partial charge in [0.25, 0.3) is 0 Å². The summed E-state index contributed by atoms with van der Waals surface area (Å²) in [5.74, 6) is 0. The highest BCUT2D eigenvalue weighted by Gasteiger charge is 2.27. The third-order valence-corrected chi connectivity index (χ3v) is 10.7. The maximum atomic E-state index is 6.31. The number of hydrogen-bond acceptors (Lipinski definition) is 2. The number of thiophene rings is 1. The van der Waals surface area contributed by atoms with Crippen molar-refractivity contribution >= 4 is 86.0 Å². The molecular weight excluding hydrogens is 543 g/mol. The number of fused-ring (bicyclic) bond motifs is 14. The molecule has 3 heteroatoms. The van der Waals surface area contributed by atoms with Crippen molar-refractivity contribution in [2.24, 2.45) is 0 Å². The summed E-state index contributed by atoms with van der Waals surface area (Å²) in [5, 5.41) is 10.3. The van der Waals surface area contributed by atoms with Crippen molar-refractivity contribution in [3.63, 3.8) is 0 Å². The first-order valence-corrected chi connectivity index (χ1v) is 15.5. The summed E-state index contributed by atoms with van der Waals surface area (Å²) in [6.45, 7) is 0. The molecule has 0 fully saturated rings. The summed E-state index contributed by atoms with van der Waals surface area (Å²) >= 11 is 1.91. The van der Waals surface area contributed by atoms with Crippen LogP contribution in [0.25, 0.3) is 103 Å². The fraction of sp³-hybridized carbons (Fsp3) is 0. The Bertz CT molecular complexity index is 2840. The van der Waals surface area contributed by atoms with Crippen LogP contribution in [-0.4, -0.2) is 4.57 Å². The first-order valence-electron chi connectivity index (χ1n) is 14.7. The van der Waals surface area contributed by atoms with Gasteiger partial charge >= 0.3 is 0 Å². The zero-order valence-electron chi connectivity index (χ0n) is 22.9. The summed E-state index contributed by atoms with van der Waals surface area (Å²) in [5.41, 5.74) is 10.7. The number of aromatic nitrogens is 1. The Morgan fingerprint density at radius 3 is 2.19 bits per heavy atom. The van der Waals surface area contributed by atoms with E-state index < -0.39 is 0 Å². The maximum Gasteiger partial charge on any atom is 0.136 e. The lowest BCUT2D eigenvalue weighted by molar-refractivity contribution is 0.669. The highest BCUT2D eigenvalue weighted by atomic mass is 32.1. The van der Waals surface area contributed by atoms with E-state index >= 15 is 0 Å². The van der Waals surface area contributed by atoms with Crippen molar-refractivity contribution in [1.29, 1.82) is 0 Å². The number of rotatable bonds is 1. The van der Waals surface area contributed by atoms with Gasteiger partial charge in [0.2, 0.25) is 0 Å². The van der Waals surface area contributed by atoms with E-state index in [1.165, 1.54) is 91.5 Å². The lowest BCUT2D eigenvalue weighted by atomic mass is 9.98. The minimum Gasteiger partial charge on any atom is -0.456 e. The van der Waals surface area contributed by atoms with E-state index in [0.717, 1.165) is 11.2 Å². The molecule has 0 N–H and O–H groups in total. The molecule has 43 heavy (non-hydrogen) atoms. The number of furan rings is 1. The van der Waals surface area contributed by atoms with Crippen LogP contribution >= 0.6 is 11.3 Å². The Labute approximate surface area is 249 Å². The zero-order valence-corrected chi connectivity index (χ0v) is 23.7. The van der Waals surface area contributed by atoms with Gasteiger partial charge in [-0.25, -0.2) is 0 Å². The molecule has 0 spiro atoms. The third-order valence-electron chi connectivity index (χ3n) is 9.54. The first-order chi connectivity index (χ1) is 21.3. The van der Waals surface area contributed by atoms with Gasteiger partial charge in [-0.1, -0.05) is 84.9 Å². The molecule has 0 unspecified atom stereocenters. The second-order valence-corrected chi connectivity index (χ2v) is 12.7. The van der Waals surface area contributed by atoms with E-state index in [4.69, 9.17) is 4.42 Å². The maximum absolute atomic E-state index is 6.31. The van der Waals surface area contributed by atoms with Gasteiger partial charge in [-0.2, -0.15) is 0 Å². The Morgan fingerprint density at radius 2 is 1.23 bits per heavy atom. The van der Waals surface area contributed by atoms with Gasteiger partial charge < -0.3 is 8.98 Å². The van der Waals surface area contributed by atoms with Crippen molar-refractivity contribution in [2.75, 3.05) is 0 Å². The summed E-state index contributed by atoms with van der Waals surface area (Å²) < 4.78 is 11.5. The standard InChI is InChI=1S/C40H21NOS/c1-4-13-30-27(9-1)38-32(20-17-25-22-8-3-6-15-35(22)43-40(25)38)41(30)31-19-16-23-24-18-21-34-39(28-10-2-5-14-33(28)42-34)37(24)29-12-7-11-26(31)36(23)29/h1-21H. The SMILES string of the molecule is c1ccc2c(c1)oc1ccc3c(c12)-c1cccc2c(-n4c5ccccc5c5c6sc7ccccc7c6ccc54)ccc-3c12. The van der Waals surface area contributed by atoms with Crippen LogP contribution in [0.2, 0.25) is 0 Å². The van der Waals surface area contributed by atoms with Crippen molar-refractivity contribution in [2.45, 2.75) is 0 Å². The van der Waals surface area contributed by atoms with Crippen LogP contribution in [0, 0.1) is 0 Å². The van der Waals surface area contributed by atoms with E-state index in [1.807, 2.05) is 17.4 Å². The van der Waals surface area contributed by atoms with Gasteiger partial charge in [-0.15, -0.1) is 11.3 Å². The molecule has 7 aromatic carbocycles. The highest BCUT2D eigenvalue weighted by molar-refractivity contribution is 7.26. The van der Waals surface area contributed by atoms with Crippen LogP contribution < -0.4 is 0 Å². The quantitative estimate of drug-likeness (QED) is 0.194. The average Bonchev–Trinajstić information content (AvgIpc) is 3.79. The molecule has 0 radical (unpaired) electrons. The lowest BCUT2D eigenvalue weighted by Crippen LogP contribution is -1.95. The van der Waals surface area contributed by atoms with Crippen molar-refractivity contribution in [1.82, 2.24) is 4.57 Å². The summed E-state index contributed by atoms with van der Waals surface area (Å²) in [6.07, 6.45) is 0. The summed E-state index contributed by atoms with van der Waals surface area (Å²) in [6, 6.07) is 46.6. The summed E-state index contributed by atoms with van der Waals surface area (Å²) in [4.78, 5) is 0. The van der Waals surface area contributed by atoms with Gasteiger partial charge in [0.1, 0.15) is 11.2 Å². The van der Waals surface area contributed by atoms with Crippen LogP contribution in [0.15, 0.2) is 132 Å². The number of para-hydroxylation sites is 2. The van der Waals surface area contributed by atoms with E-state index in [9.17, 15) is 0 Å². The second kappa shape index (κ2) is 7.71. The van der Waals surface area contributed by atoms with Crippen LogP contribution in [0.3, 0.4) is 0 Å². The second-order valence-electron chi connectivity index (χ2n) is 11.6. The molecule has 3 aromatic heterocycles. The van der Waals surface area contributed by atoms with Crippen LogP contribution in [-0.2, 0) is 0 Å². The molecule has 1 aliphatic rings.